The van der Waals surface area contributed by atoms with E-state index in [0.29, 0.717) is 11.4 Å². The van der Waals surface area contributed by atoms with Gasteiger partial charge in [-0.25, -0.2) is 8.42 Å². The average molecular weight is 408 g/mol. The maximum absolute atomic E-state index is 12.2. The van der Waals surface area contributed by atoms with Crippen molar-refractivity contribution in [2.24, 2.45) is 11.7 Å². The summed E-state index contributed by atoms with van der Waals surface area (Å²) in [6.45, 7) is 9.66. The second-order valence-electron chi connectivity index (χ2n) is 6.88. The highest BCUT2D eigenvalue weighted by Crippen LogP contribution is 2.18. The summed E-state index contributed by atoms with van der Waals surface area (Å²) in [5.41, 5.74) is 5.42. The molecule has 7 nitrogen and oxygen atoms in total. The number of nitrogens with two attached hydrogens (primary N) is 1. The fraction of sp³-hybridized carbons (Fsp3) is 0.588. The van der Waals surface area contributed by atoms with Crippen molar-refractivity contribution in [3.05, 3.63) is 24.3 Å². The highest BCUT2D eigenvalue weighted by Gasteiger charge is 2.30. The van der Waals surface area contributed by atoms with Gasteiger partial charge in [-0.3, -0.25) is 9.52 Å². The standard InChI is InChI=1S/C17H29N3O4S.ClH/c1-12(2)17(5,11-18)19-16(21)10-25(22,23)20-14-6-8-15(9-7-14)24-13(3)4;/h6-9,12-13,20H,10-11,18H2,1-5H3,(H,19,21);1H. The molecule has 0 fully saturated rings. The first-order valence-corrected chi connectivity index (χ1v) is 9.91. The molecule has 1 unspecified atom stereocenters. The summed E-state index contributed by atoms with van der Waals surface area (Å²) in [6, 6.07) is 6.51. The van der Waals surface area contributed by atoms with Crippen molar-refractivity contribution in [3.63, 3.8) is 0 Å². The normalized spacial score (nSPS) is 13.7. The van der Waals surface area contributed by atoms with E-state index in [1.54, 1.807) is 31.2 Å². The highest BCUT2D eigenvalue weighted by molar-refractivity contribution is 7.93. The molecule has 26 heavy (non-hydrogen) atoms. The number of hydrogen-bond donors (Lipinski definition) is 3. The molecule has 1 aromatic carbocycles. The lowest BCUT2D eigenvalue weighted by Gasteiger charge is -2.33. The van der Waals surface area contributed by atoms with Gasteiger partial charge in [0.1, 0.15) is 11.5 Å². The molecule has 1 amide bonds. The molecule has 150 valence electrons. The van der Waals surface area contributed by atoms with Crippen molar-refractivity contribution in [3.8, 4) is 5.75 Å². The van der Waals surface area contributed by atoms with Crippen molar-refractivity contribution in [2.45, 2.75) is 46.3 Å². The molecule has 1 rings (SSSR count). The van der Waals surface area contributed by atoms with Crippen LogP contribution in [0.15, 0.2) is 24.3 Å². The number of halogens is 1. The minimum Gasteiger partial charge on any atom is -0.491 e. The summed E-state index contributed by atoms with van der Waals surface area (Å²) in [7, 11) is -3.82. The van der Waals surface area contributed by atoms with Gasteiger partial charge in [-0.05, 0) is 51.0 Å². The van der Waals surface area contributed by atoms with Crippen LogP contribution in [0.25, 0.3) is 0 Å². The maximum atomic E-state index is 12.2. The Morgan fingerprint density at radius 2 is 1.73 bits per heavy atom. The summed E-state index contributed by atoms with van der Waals surface area (Å²) < 4.78 is 32.3. The number of sulfonamides is 1. The first kappa shape index (κ1) is 24.5. The SMILES string of the molecule is CC(C)Oc1ccc(NS(=O)(=O)CC(=O)NC(C)(CN)C(C)C)cc1.Cl. The molecule has 0 aliphatic rings. The zero-order valence-corrected chi connectivity index (χ0v) is 17.5. The van der Waals surface area contributed by atoms with Crippen LogP contribution in [0.2, 0.25) is 0 Å². The lowest BCUT2D eigenvalue weighted by atomic mass is 9.88. The van der Waals surface area contributed by atoms with Gasteiger partial charge in [-0.1, -0.05) is 13.8 Å². The van der Waals surface area contributed by atoms with Gasteiger partial charge in [0.25, 0.3) is 0 Å². The Balaban J connectivity index is 0.00000625. The van der Waals surface area contributed by atoms with E-state index in [0.717, 1.165) is 0 Å². The van der Waals surface area contributed by atoms with Crippen molar-refractivity contribution >= 4 is 34.0 Å². The molecule has 0 heterocycles. The molecule has 0 aliphatic heterocycles. The Morgan fingerprint density at radius 1 is 1.19 bits per heavy atom. The molecule has 1 atom stereocenters. The number of nitrogens with one attached hydrogen (secondary N) is 2. The largest absolute Gasteiger partial charge is 0.491 e. The Kier molecular flexibility index (Phi) is 9.41. The molecule has 0 aliphatic carbocycles. The third-order valence-corrected chi connectivity index (χ3v) is 5.13. The van der Waals surface area contributed by atoms with Gasteiger partial charge < -0.3 is 15.8 Å². The number of hydrogen-bond acceptors (Lipinski definition) is 5. The Morgan fingerprint density at radius 3 is 2.15 bits per heavy atom. The van der Waals surface area contributed by atoms with Crippen LogP contribution in [-0.4, -0.2) is 38.3 Å². The van der Waals surface area contributed by atoms with Crippen molar-refractivity contribution in [1.82, 2.24) is 5.32 Å². The lowest BCUT2D eigenvalue weighted by Crippen LogP contribution is -2.56. The first-order chi connectivity index (χ1) is 11.5. The third-order valence-electron chi connectivity index (χ3n) is 3.94. The second kappa shape index (κ2) is 9.99. The topological polar surface area (TPSA) is 111 Å². The lowest BCUT2D eigenvalue weighted by molar-refractivity contribution is -0.120. The molecule has 0 radical (unpaired) electrons. The maximum Gasteiger partial charge on any atom is 0.241 e. The fourth-order valence-electron chi connectivity index (χ4n) is 2.05. The zero-order valence-electron chi connectivity index (χ0n) is 15.9. The van der Waals surface area contributed by atoms with E-state index in [1.165, 1.54) is 0 Å². The number of carbonyl (C=O) groups is 1. The van der Waals surface area contributed by atoms with Crippen LogP contribution in [0.1, 0.15) is 34.6 Å². The molecule has 4 N–H and O–H groups in total. The molecule has 0 aromatic heterocycles. The molecular weight excluding hydrogens is 378 g/mol. The molecule has 0 saturated heterocycles. The van der Waals surface area contributed by atoms with Gasteiger partial charge in [-0.15, -0.1) is 12.4 Å². The molecule has 1 aromatic rings. The summed E-state index contributed by atoms with van der Waals surface area (Å²) in [5, 5.41) is 2.71. The molecule has 0 bridgehead atoms. The Bertz CT molecular complexity index is 678. The highest BCUT2D eigenvalue weighted by atomic mass is 35.5. The fourth-order valence-corrected chi connectivity index (χ4v) is 3.03. The quantitative estimate of drug-likeness (QED) is 0.580. The van der Waals surface area contributed by atoms with Gasteiger partial charge in [0.05, 0.1) is 11.6 Å². The van der Waals surface area contributed by atoms with E-state index in [1.807, 2.05) is 27.7 Å². The molecule has 0 saturated carbocycles. The number of anilines is 1. The first-order valence-electron chi connectivity index (χ1n) is 8.25. The molecule has 9 heteroatoms. The van der Waals surface area contributed by atoms with Crippen LogP contribution in [-0.2, 0) is 14.8 Å². The number of amides is 1. The summed E-state index contributed by atoms with van der Waals surface area (Å²) in [4.78, 5) is 12.1. The van der Waals surface area contributed by atoms with E-state index in [9.17, 15) is 13.2 Å². The minimum atomic E-state index is -3.82. The van der Waals surface area contributed by atoms with Crippen LogP contribution in [0.3, 0.4) is 0 Å². The van der Waals surface area contributed by atoms with Gasteiger partial charge in [0.15, 0.2) is 0 Å². The van der Waals surface area contributed by atoms with Crippen molar-refractivity contribution in [1.29, 1.82) is 0 Å². The van der Waals surface area contributed by atoms with E-state index in [2.05, 4.69) is 10.0 Å². The molecular formula is C17H30ClN3O4S. The van der Waals surface area contributed by atoms with E-state index in [-0.39, 0.29) is 31.0 Å². The van der Waals surface area contributed by atoms with Gasteiger partial charge in [-0.2, -0.15) is 0 Å². The van der Waals surface area contributed by atoms with Crippen LogP contribution in [0, 0.1) is 5.92 Å². The minimum absolute atomic E-state index is 0. The van der Waals surface area contributed by atoms with Crippen LogP contribution in [0.5, 0.6) is 5.75 Å². The summed E-state index contributed by atoms with van der Waals surface area (Å²) in [5.74, 6) is -0.537. The monoisotopic (exact) mass is 407 g/mol. The van der Waals surface area contributed by atoms with Crippen LogP contribution in [0.4, 0.5) is 5.69 Å². The number of benzene rings is 1. The number of ether oxygens (including phenoxy) is 1. The average Bonchev–Trinajstić information content (AvgIpc) is 2.47. The van der Waals surface area contributed by atoms with Crippen LogP contribution >= 0.6 is 12.4 Å². The zero-order chi connectivity index (χ0) is 19.3. The van der Waals surface area contributed by atoms with Crippen molar-refractivity contribution in [2.75, 3.05) is 17.0 Å². The predicted octanol–water partition coefficient (Wildman–Crippen LogP) is 2.13. The van der Waals surface area contributed by atoms with E-state index in [4.69, 9.17) is 10.5 Å². The Hall–Kier alpha value is -1.51. The van der Waals surface area contributed by atoms with E-state index < -0.39 is 27.2 Å². The second-order valence-corrected chi connectivity index (χ2v) is 8.60. The smallest absolute Gasteiger partial charge is 0.241 e. The number of rotatable bonds is 9. The van der Waals surface area contributed by atoms with Crippen molar-refractivity contribution < 1.29 is 17.9 Å². The van der Waals surface area contributed by atoms with Gasteiger partial charge in [0.2, 0.25) is 15.9 Å². The number of carbonyl (C=O) groups excluding carboxylic acids is 1. The summed E-state index contributed by atoms with van der Waals surface area (Å²) >= 11 is 0. The molecule has 0 spiro atoms. The predicted molar refractivity (Wildman–Crippen MR) is 107 cm³/mol. The third kappa shape index (κ3) is 7.80. The van der Waals surface area contributed by atoms with Gasteiger partial charge in [0, 0.05) is 12.2 Å². The van der Waals surface area contributed by atoms with Crippen LogP contribution < -0.4 is 20.5 Å². The van der Waals surface area contributed by atoms with E-state index >= 15 is 0 Å². The Labute approximate surface area is 162 Å². The van der Waals surface area contributed by atoms with Gasteiger partial charge >= 0.3 is 0 Å². The summed E-state index contributed by atoms with van der Waals surface area (Å²) in [6.07, 6.45) is 0.0315.